The molecule has 0 amide bonds. The van der Waals surface area contributed by atoms with Crippen molar-refractivity contribution < 1.29 is 0 Å². The summed E-state index contributed by atoms with van der Waals surface area (Å²) in [6, 6.07) is 12.8. The molecule has 2 aromatic carbocycles. The maximum Gasteiger partial charge on any atom is 0.103 e. The number of hydrogen-bond acceptors (Lipinski definition) is 2. The molecule has 0 aliphatic heterocycles. The number of thiocarbonyl (C=S) groups is 2. The molecule has 110 valence electrons. The lowest BCUT2D eigenvalue weighted by atomic mass is 9.63. The highest BCUT2D eigenvalue weighted by atomic mass is 32.1. The van der Waals surface area contributed by atoms with E-state index in [1.54, 1.807) is 0 Å². The van der Waals surface area contributed by atoms with E-state index in [1.165, 1.54) is 35.1 Å². The Kier molecular flexibility index (Phi) is 3.06. The molecule has 2 nitrogen and oxygen atoms in total. The summed E-state index contributed by atoms with van der Waals surface area (Å²) in [7, 11) is 0. The molecule has 0 spiro atoms. The van der Waals surface area contributed by atoms with Gasteiger partial charge in [0.1, 0.15) is 9.98 Å². The average Bonchev–Trinajstić information content (AvgIpc) is 2.54. The molecule has 3 aliphatic carbocycles. The molecule has 0 radical (unpaired) electrons. The number of rotatable bonds is 2. The second kappa shape index (κ2) is 4.86. The van der Waals surface area contributed by atoms with Gasteiger partial charge in [0.2, 0.25) is 0 Å². The van der Waals surface area contributed by atoms with Gasteiger partial charge >= 0.3 is 0 Å². The lowest BCUT2D eigenvalue weighted by Crippen LogP contribution is -2.26. The fraction of sp³-hybridized carbons (Fsp3) is 0.222. The first-order valence-corrected chi connectivity index (χ1v) is 8.25. The Bertz CT molecular complexity index is 756. The minimum Gasteiger partial charge on any atom is -0.389 e. The molecule has 2 aromatic rings. The molecule has 0 fully saturated rings. The van der Waals surface area contributed by atoms with Gasteiger partial charge in [-0.3, -0.25) is 0 Å². The van der Waals surface area contributed by atoms with Crippen LogP contribution in [0, 0.1) is 0 Å². The van der Waals surface area contributed by atoms with Gasteiger partial charge in [0.15, 0.2) is 0 Å². The quantitative estimate of drug-likeness (QED) is 0.832. The molecule has 0 saturated heterocycles. The van der Waals surface area contributed by atoms with Crippen molar-refractivity contribution in [2.45, 2.75) is 24.7 Å². The minimum absolute atomic E-state index is 0.435. The molecule has 2 bridgehead atoms. The molecule has 0 saturated carbocycles. The highest BCUT2D eigenvalue weighted by Gasteiger charge is 2.37. The Morgan fingerprint density at radius 3 is 1.50 bits per heavy atom. The van der Waals surface area contributed by atoms with Crippen LogP contribution >= 0.6 is 24.4 Å². The monoisotopic (exact) mass is 324 g/mol. The van der Waals surface area contributed by atoms with Crippen molar-refractivity contribution in [1.29, 1.82) is 0 Å². The second-order valence-corrected chi connectivity index (χ2v) is 6.98. The van der Waals surface area contributed by atoms with Crippen LogP contribution in [0.15, 0.2) is 36.4 Å². The number of benzene rings is 2. The summed E-state index contributed by atoms with van der Waals surface area (Å²) in [6.45, 7) is 0. The molecular weight excluding hydrogens is 308 g/mol. The summed E-state index contributed by atoms with van der Waals surface area (Å²) in [5, 5.41) is 0. The van der Waals surface area contributed by atoms with E-state index in [4.69, 9.17) is 35.9 Å². The molecule has 2 unspecified atom stereocenters. The van der Waals surface area contributed by atoms with Crippen molar-refractivity contribution in [3.05, 3.63) is 69.8 Å². The van der Waals surface area contributed by atoms with E-state index in [9.17, 15) is 0 Å². The normalized spacial score (nSPS) is 21.1. The molecule has 4 N–H and O–H groups in total. The highest BCUT2D eigenvalue weighted by molar-refractivity contribution is 7.80. The Morgan fingerprint density at radius 1 is 0.727 bits per heavy atom. The van der Waals surface area contributed by atoms with Gasteiger partial charge in [-0.05, 0) is 47.2 Å². The zero-order chi connectivity index (χ0) is 15.4. The van der Waals surface area contributed by atoms with Crippen LogP contribution in [0.3, 0.4) is 0 Å². The standard InChI is InChI=1S/C18H16N2S2/c19-17(21)9-1-3-11-13-5-6-14(15(11)7-9)12-4-2-10(18(20)22)8-16(12)13/h1-4,7-8,13-14H,5-6H2,(H2,19,21)(H2,20,22). The Balaban J connectivity index is 1.90. The fourth-order valence-electron chi connectivity index (χ4n) is 3.98. The Labute approximate surface area is 140 Å². The van der Waals surface area contributed by atoms with Gasteiger partial charge in [0.05, 0.1) is 0 Å². The highest BCUT2D eigenvalue weighted by Crippen LogP contribution is 2.52. The smallest absolute Gasteiger partial charge is 0.103 e. The molecule has 0 aromatic heterocycles. The molecule has 22 heavy (non-hydrogen) atoms. The van der Waals surface area contributed by atoms with Crippen LogP contribution < -0.4 is 11.5 Å². The van der Waals surface area contributed by atoms with Crippen molar-refractivity contribution in [3.63, 3.8) is 0 Å². The zero-order valence-electron chi connectivity index (χ0n) is 12.0. The number of nitrogens with two attached hydrogens (primary N) is 2. The molecule has 5 rings (SSSR count). The lowest BCUT2D eigenvalue weighted by Gasteiger charge is -2.40. The first kappa shape index (κ1) is 13.9. The van der Waals surface area contributed by atoms with Crippen molar-refractivity contribution in [1.82, 2.24) is 0 Å². The first-order chi connectivity index (χ1) is 10.6. The first-order valence-electron chi connectivity index (χ1n) is 7.43. The third-order valence-electron chi connectivity index (χ3n) is 4.99. The van der Waals surface area contributed by atoms with E-state index in [-0.39, 0.29) is 0 Å². The van der Waals surface area contributed by atoms with Crippen LogP contribution in [0.2, 0.25) is 0 Å². The van der Waals surface area contributed by atoms with Crippen molar-refractivity contribution in [2.24, 2.45) is 11.5 Å². The summed E-state index contributed by atoms with van der Waals surface area (Å²) in [5.41, 5.74) is 19.1. The van der Waals surface area contributed by atoms with Gasteiger partial charge in [0.25, 0.3) is 0 Å². The topological polar surface area (TPSA) is 52.0 Å². The van der Waals surface area contributed by atoms with Crippen LogP contribution in [-0.2, 0) is 0 Å². The lowest BCUT2D eigenvalue weighted by molar-refractivity contribution is 0.519. The summed E-state index contributed by atoms with van der Waals surface area (Å²) in [6.07, 6.45) is 2.36. The minimum atomic E-state index is 0.435. The fourth-order valence-corrected chi connectivity index (χ4v) is 4.24. The summed E-state index contributed by atoms with van der Waals surface area (Å²) >= 11 is 10.3. The van der Waals surface area contributed by atoms with Crippen molar-refractivity contribution >= 4 is 34.4 Å². The summed E-state index contributed by atoms with van der Waals surface area (Å²) in [5.74, 6) is 0.870. The Morgan fingerprint density at radius 2 is 1.14 bits per heavy atom. The number of hydrogen-bond donors (Lipinski definition) is 2. The molecule has 2 atom stereocenters. The van der Waals surface area contributed by atoms with E-state index >= 15 is 0 Å². The van der Waals surface area contributed by atoms with Crippen LogP contribution in [0.4, 0.5) is 0 Å². The molecular formula is C18H16N2S2. The molecule has 4 heteroatoms. The van der Waals surface area contributed by atoms with E-state index in [0.717, 1.165) is 11.1 Å². The van der Waals surface area contributed by atoms with Gasteiger partial charge in [-0.25, -0.2) is 0 Å². The van der Waals surface area contributed by atoms with Gasteiger partial charge in [-0.2, -0.15) is 0 Å². The van der Waals surface area contributed by atoms with E-state index in [2.05, 4.69) is 24.3 Å². The molecule has 0 heterocycles. The predicted octanol–water partition coefficient (Wildman–Crippen LogP) is 3.33. The van der Waals surface area contributed by atoms with E-state index in [0.29, 0.717) is 21.8 Å². The average molecular weight is 324 g/mol. The second-order valence-electron chi connectivity index (χ2n) is 6.10. The number of fused-ring (bicyclic) bond motifs is 1. The van der Waals surface area contributed by atoms with Crippen LogP contribution in [0.5, 0.6) is 0 Å². The largest absolute Gasteiger partial charge is 0.389 e. The van der Waals surface area contributed by atoms with Gasteiger partial charge in [-0.1, -0.05) is 48.7 Å². The maximum atomic E-state index is 5.80. The van der Waals surface area contributed by atoms with Crippen LogP contribution in [-0.4, -0.2) is 9.98 Å². The van der Waals surface area contributed by atoms with Crippen molar-refractivity contribution in [2.75, 3.05) is 0 Å². The van der Waals surface area contributed by atoms with Crippen LogP contribution in [0.25, 0.3) is 0 Å². The summed E-state index contributed by atoms with van der Waals surface area (Å²) < 4.78 is 0. The summed E-state index contributed by atoms with van der Waals surface area (Å²) in [4.78, 5) is 0.932. The Hall–Kier alpha value is -1.78. The van der Waals surface area contributed by atoms with E-state index in [1.807, 2.05) is 12.1 Å². The predicted molar refractivity (Wildman–Crippen MR) is 97.6 cm³/mol. The third kappa shape index (κ3) is 1.91. The maximum absolute atomic E-state index is 5.80. The SMILES string of the molecule is NC(=S)c1ccc2c(c1)C1CCC2c2cc(C(N)=S)ccc21. The zero-order valence-corrected chi connectivity index (χ0v) is 13.6. The molecule has 3 aliphatic rings. The van der Waals surface area contributed by atoms with Gasteiger partial charge < -0.3 is 11.5 Å². The van der Waals surface area contributed by atoms with Gasteiger partial charge in [-0.15, -0.1) is 0 Å². The third-order valence-corrected chi connectivity index (χ3v) is 5.46. The van der Waals surface area contributed by atoms with Gasteiger partial charge in [0, 0.05) is 23.0 Å². The van der Waals surface area contributed by atoms with Crippen molar-refractivity contribution in [3.8, 4) is 0 Å². The van der Waals surface area contributed by atoms with Crippen LogP contribution in [0.1, 0.15) is 58.1 Å². The van der Waals surface area contributed by atoms with E-state index < -0.39 is 0 Å².